The van der Waals surface area contributed by atoms with Crippen molar-refractivity contribution in [3.05, 3.63) is 18.2 Å². The van der Waals surface area contributed by atoms with Gasteiger partial charge in [0, 0.05) is 25.5 Å². The van der Waals surface area contributed by atoms with E-state index >= 15 is 0 Å². The number of halogens is 3. The van der Waals surface area contributed by atoms with E-state index in [1.165, 1.54) is 18.2 Å². The first-order valence-corrected chi connectivity index (χ1v) is 11.7. The zero-order chi connectivity index (χ0) is 23.2. The van der Waals surface area contributed by atoms with Crippen LogP contribution in [0.1, 0.15) is 64.7 Å². The van der Waals surface area contributed by atoms with Crippen LogP contribution in [0.2, 0.25) is 0 Å². The number of benzene rings is 1. The van der Waals surface area contributed by atoms with Gasteiger partial charge < -0.3 is 15.4 Å². The molecule has 0 saturated heterocycles. The topological polar surface area (TPSA) is 80.3 Å². The normalized spacial score (nSPS) is 16.0. The molecule has 0 spiro atoms. The Hall–Kier alpha value is -2.36. The molecular weight excluding hydrogens is 443 g/mol. The Balaban J connectivity index is 1.63. The second-order valence-corrected chi connectivity index (χ2v) is 9.39. The fourth-order valence-electron chi connectivity index (χ4n) is 4.09. The third kappa shape index (κ3) is 7.08. The van der Waals surface area contributed by atoms with Crippen LogP contribution in [0.25, 0.3) is 10.2 Å². The van der Waals surface area contributed by atoms with Crippen LogP contribution in [0.5, 0.6) is 5.75 Å². The summed E-state index contributed by atoms with van der Waals surface area (Å²) in [6.07, 6.45) is 2.66. The Labute approximate surface area is 188 Å². The molecular formula is C22H28F3N3O3S. The molecule has 32 heavy (non-hydrogen) atoms. The smallest absolute Gasteiger partial charge is 0.406 e. The van der Waals surface area contributed by atoms with Crippen LogP contribution in [-0.4, -0.2) is 29.7 Å². The van der Waals surface area contributed by atoms with E-state index in [2.05, 4.69) is 20.4 Å². The Morgan fingerprint density at radius 1 is 1.19 bits per heavy atom. The van der Waals surface area contributed by atoms with E-state index in [9.17, 15) is 22.8 Å². The largest absolute Gasteiger partial charge is 0.573 e. The van der Waals surface area contributed by atoms with E-state index in [1.54, 1.807) is 0 Å². The van der Waals surface area contributed by atoms with E-state index in [1.807, 2.05) is 6.92 Å². The lowest BCUT2D eigenvalue weighted by molar-refractivity contribution is -0.274. The standard InChI is InChI=1S/C22H28F3N3O3S/c1-2-3-7-18(29)26-14-21(10-5-4-6-11-21)13-19(30)28-20-27-16-9-8-15(12-17(16)32-20)31-22(23,24)25/h8-9,12H,2-7,10-11,13-14H2,1H3,(H,26,29)(H,27,28,30). The average Bonchev–Trinajstić information content (AvgIpc) is 3.11. The zero-order valence-electron chi connectivity index (χ0n) is 18.0. The number of nitrogens with zero attached hydrogens (tertiary/aromatic N) is 1. The third-order valence-electron chi connectivity index (χ3n) is 5.71. The summed E-state index contributed by atoms with van der Waals surface area (Å²) in [5, 5.41) is 6.12. The lowest BCUT2D eigenvalue weighted by Gasteiger charge is -2.37. The molecule has 2 N–H and O–H groups in total. The summed E-state index contributed by atoms with van der Waals surface area (Å²) in [4.78, 5) is 29.2. The maximum Gasteiger partial charge on any atom is 0.573 e. The third-order valence-corrected chi connectivity index (χ3v) is 6.64. The summed E-state index contributed by atoms with van der Waals surface area (Å²) in [6.45, 7) is 2.51. The Bertz CT molecular complexity index is 939. The van der Waals surface area contributed by atoms with Gasteiger partial charge in [0.1, 0.15) is 5.75 Å². The van der Waals surface area contributed by atoms with Crippen molar-refractivity contribution < 1.29 is 27.5 Å². The SMILES string of the molecule is CCCCC(=O)NCC1(CC(=O)Nc2nc3ccc(OC(F)(F)F)cc3s2)CCCCC1. The number of hydrogen-bond donors (Lipinski definition) is 2. The van der Waals surface area contributed by atoms with Crippen LogP contribution in [0.15, 0.2) is 18.2 Å². The van der Waals surface area contributed by atoms with Crippen molar-refractivity contribution in [3.63, 3.8) is 0 Å². The number of carbonyl (C=O) groups excluding carboxylic acids is 2. The number of unbranched alkanes of at least 4 members (excludes halogenated alkanes) is 1. The predicted molar refractivity (Wildman–Crippen MR) is 118 cm³/mol. The molecule has 1 fully saturated rings. The molecule has 1 saturated carbocycles. The highest BCUT2D eigenvalue weighted by atomic mass is 32.1. The predicted octanol–water partition coefficient (Wildman–Crippen LogP) is 5.78. The molecule has 1 aromatic carbocycles. The van der Waals surface area contributed by atoms with Gasteiger partial charge in [-0.3, -0.25) is 9.59 Å². The molecule has 0 bridgehead atoms. The molecule has 1 heterocycles. The van der Waals surface area contributed by atoms with Gasteiger partial charge in [0.25, 0.3) is 0 Å². The van der Waals surface area contributed by atoms with Gasteiger partial charge >= 0.3 is 6.36 Å². The van der Waals surface area contributed by atoms with Crippen LogP contribution >= 0.6 is 11.3 Å². The Kier molecular flexibility index (Phi) is 7.97. The molecule has 1 aromatic heterocycles. The number of anilines is 1. The summed E-state index contributed by atoms with van der Waals surface area (Å²) >= 11 is 1.09. The fraction of sp³-hybridized carbons (Fsp3) is 0.591. The van der Waals surface area contributed by atoms with E-state index in [-0.39, 0.29) is 29.4 Å². The number of alkyl halides is 3. The quantitative estimate of drug-likeness (QED) is 0.486. The molecule has 0 radical (unpaired) electrons. The highest BCUT2D eigenvalue weighted by Gasteiger charge is 2.35. The number of ether oxygens (including phenoxy) is 1. The first kappa shape index (κ1) is 24.3. The monoisotopic (exact) mass is 471 g/mol. The van der Waals surface area contributed by atoms with Crippen molar-refractivity contribution in [2.24, 2.45) is 5.41 Å². The molecule has 0 aliphatic heterocycles. The Morgan fingerprint density at radius 2 is 1.94 bits per heavy atom. The molecule has 0 atom stereocenters. The molecule has 0 unspecified atom stereocenters. The van der Waals surface area contributed by atoms with Crippen molar-refractivity contribution in [1.29, 1.82) is 0 Å². The van der Waals surface area contributed by atoms with Crippen molar-refractivity contribution in [1.82, 2.24) is 10.3 Å². The minimum atomic E-state index is -4.77. The van der Waals surface area contributed by atoms with Gasteiger partial charge in [0.2, 0.25) is 11.8 Å². The van der Waals surface area contributed by atoms with Crippen LogP contribution in [0.4, 0.5) is 18.3 Å². The number of hydrogen-bond acceptors (Lipinski definition) is 5. The fourth-order valence-corrected chi connectivity index (χ4v) is 5.00. The second kappa shape index (κ2) is 10.5. The maximum atomic E-state index is 12.8. The number of nitrogens with one attached hydrogen (secondary N) is 2. The molecule has 6 nitrogen and oxygen atoms in total. The van der Waals surface area contributed by atoms with Gasteiger partial charge in [-0.15, -0.1) is 13.2 Å². The average molecular weight is 472 g/mol. The van der Waals surface area contributed by atoms with Gasteiger partial charge in [-0.25, -0.2) is 4.98 Å². The van der Waals surface area contributed by atoms with Gasteiger partial charge in [-0.1, -0.05) is 43.9 Å². The summed E-state index contributed by atoms with van der Waals surface area (Å²) in [6, 6.07) is 3.88. The van der Waals surface area contributed by atoms with E-state index in [0.717, 1.165) is 56.3 Å². The number of aromatic nitrogens is 1. The molecule has 176 valence electrons. The number of thiazole rings is 1. The Morgan fingerprint density at radius 3 is 2.62 bits per heavy atom. The van der Waals surface area contributed by atoms with Crippen LogP contribution in [0, 0.1) is 5.41 Å². The summed E-state index contributed by atoms with van der Waals surface area (Å²) in [5.74, 6) is -0.521. The van der Waals surface area contributed by atoms with Gasteiger partial charge in [0.15, 0.2) is 5.13 Å². The molecule has 2 amide bonds. The first-order chi connectivity index (χ1) is 15.2. The minimum absolute atomic E-state index is 0.0141. The molecule has 3 rings (SSSR count). The molecule has 10 heteroatoms. The lowest BCUT2D eigenvalue weighted by Crippen LogP contribution is -2.41. The molecule has 1 aliphatic rings. The van der Waals surface area contributed by atoms with Crippen molar-refractivity contribution >= 4 is 38.5 Å². The number of fused-ring (bicyclic) bond motifs is 1. The lowest BCUT2D eigenvalue weighted by atomic mass is 9.71. The van der Waals surface area contributed by atoms with Crippen molar-refractivity contribution in [2.45, 2.75) is 71.1 Å². The van der Waals surface area contributed by atoms with Crippen LogP contribution in [0.3, 0.4) is 0 Å². The second-order valence-electron chi connectivity index (χ2n) is 8.36. The van der Waals surface area contributed by atoms with Gasteiger partial charge in [0.05, 0.1) is 10.2 Å². The van der Waals surface area contributed by atoms with E-state index < -0.39 is 6.36 Å². The maximum absolute atomic E-state index is 12.8. The van der Waals surface area contributed by atoms with E-state index in [4.69, 9.17) is 0 Å². The van der Waals surface area contributed by atoms with Crippen molar-refractivity contribution in [3.8, 4) is 5.75 Å². The van der Waals surface area contributed by atoms with Crippen molar-refractivity contribution in [2.75, 3.05) is 11.9 Å². The van der Waals surface area contributed by atoms with Crippen LogP contribution in [-0.2, 0) is 9.59 Å². The van der Waals surface area contributed by atoms with Gasteiger partial charge in [-0.05, 0) is 36.8 Å². The van der Waals surface area contributed by atoms with E-state index in [0.29, 0.717) is 28.3 Å². The minimum Gasteiger partial charge on any atom is -0.406 e. The highest BCUT2D eigenvalue weighted by molar-refractivity contribution is 7.22. The van der Waals surface area contributed by atoms with Gasteiger partial charge in [-0.2, -0.15) is 0 Å². The molecule has 1 aliphatic carbocycles. The highest BCUT2D eigenvalue weighted by Crippen LogP contribution is 2.39. The summed E-state index contributed by atoms with van der Waals surface area (Å²) in [7, 11) is 0. The summed E-state index contributed by atoms with van der Waals surface area (Å²) < 4.78 is 41.7. The number of rotatable bonds is 9. The summed E-state index contributed by atoms with van der Waals surface area (Å²) in [5.41, 5.74) is 0.199. The number of carbonyl (C=O) groups is 2. The zero-order valence-corrected chi connectivity index (χ0v) is 18.8. The number of amides is 2. The van der Waals surface area contributed by atoms with Crippen LogP contribution < -0.4 is 15.4 Å². The molecule has 2 aromatic rings. The first-order valence-electron chi connectivity index (χ1n) is 10.9.